The highest BCUT2D eigenvalue weighted by molar-refractivity contribution is 6.04. The summed E-state index contributed by atoms with van der Waals surface area (Å²) in [5.74, 6) is 1.82. The Balaban J connectivity index is 1.42. The van der Waals surface area contributed by atoms with E-state index in [2.05, 4.69) is 20.4 Å². The van der Waals surface area contributed by atoms with Gasteiger partial charge in [0.15, 0.2) is 17.3 Å². The van der Waals surface area contributed by atoms with Crippen LogP contribution in [0.1, 0.15) is 24.2 Å². The Labute approximate surface area is 193 Å². The predicted octanol–water partition coefficient (Wildman–Crippen LogP) is 4.03. The lowest BCUT2D eigenvalue weighted by molar-refractivity contribution is 0.102. The van der Waals surface area contributed by atoms with Gasteiger partial charge in [-0.15, -0.1) is 10.2 Å². The van der Waals surface area contributed by atoms with Crippen LogP contribution in [0.25, 0.3) is 11.3 Å². The zero-order chi connectivity index (χ0) is 23.0. The van der Waals surface area contributed by atoms with E-state index in [9.17, 15) is 4.79 Å². The van der Waals surface area contributed by atoms with Crippen molar-refractivity contribution in [1.82, 2.24) is 10.2 Å². The smallest absolute Gasteiger partial charge is 0.255 e. The Morgan fingerprint density at radius 2 is 1.67 bits per heavy atom. The fourth-order valence-corrected chi connectivity index (χ4v) is 3.56. The van der Waals surface area contributed by atoms with Gasteiger partial charge < -0.3 is 24.4 Å². The van der Waals surface area contributed by atoms with Gasteiger partial charge in [0.05, 0.1) is 32.1 Å². The van der Waals surface area contributed by atoms with Gasteiger partial charge in [-0.05, 0) is 56.3 Å². The molecule has 1 fully saturated rings. The minimum atomic E-state index is -0.221. The molecule has 1 amide bonds. The SMILES string of the molecule is CCOc1ccc(C(=O)Nc2ccc(-c3ccc(N4CCOCC4)nn3)cc2)cc1OCC. The molecule has 0 atom stereocenters. The molecule has 1 N–H and O–H groups in total. The van der Waals surface area contributed by atoms with Gasteiger partial charge in [0.2, 0.25) is 0 Å². The van der Waals surface area contributed by atoms with Crippen LogP contribution in [0.4, 0.5) is 11.5 Å². The topological polar surface area (TPSA) is 85.8 Å². The van der Waals surface area contributed by atoms with Crippen LogP contribution in [0.2, 0.25) is 0 Å². The molecule has 0 aliphatic carbocycles. The van der Waals surface area contributed by atoms with Crippen molar-refractivity contribution in [2.45, 2.75) is 13.8 Å². The second kappa shape index (κ2) is 10.8. The lowest BCUT2D eigenvalue weighted by Crippen LogP contribution is -2.36. The minimum absolute atomic E-state index is 0.221. The third-order valence-electron chi connectivity index (χ3n) is 5.23. The molecule has 2 aromatic carbocycles. The molecule has 8 heteroatoms. The van der Waals surface area contributed by atoms with Crippen LogP contribution < -0.4 is 19.7 Å². The van der Waals surface area contributed by atoms with Crippen LogP contribution >= 0.6 is 0 Å². The maximum atomic E-state index is 12.7. The van der Waals surface area contributed by atoms with Crippen molar-refractivity contribution in [2.75, 3.05) is 49.7 Å². The van der Waals surface area contributed by atoms with Crippen molar-refractivity contribution in [1.29, 1.82) is 0 Å². The summed E-state index contributed by atoms with van der Waals surface area (Å²) in [4.78, 5) is 14.9. The second-order valence-corrected chi connectivity index (χ2v) is 7.44. The first-order valence-electron chi connectivity index (χ1n) is 11.2. The number of hydrogen-bond acceptors (Lipinski definition) is 7. The highest BCUT2D eigenvalue weighted by Gasteiger charge is 2.14. The van der Waals surface area contributed by atoms with Gasteiger partial charge in [-0.2, -0.15) is 0 Å². The van der Waals surface area contributed by atoms with Crippen molar-refractivity contribution in [3.05, 3.63) is 60.2 Å². The first-order valence-corrected chi connectivity index (χ1v) is 11.2. The van der Waals surface area contributed by atoms with Gasteiger partial charge in [-0.1, -0.05) is 12.1 Å². The summed E-state index contributed by atoms with van der Waals surface area (Å²) in [6, 6.07) is 16.6. The van der Waals surface area contributed by atoms with E-state index < -0.39 is 0 Å². The summed E-state index contributed by atoms with van der Waals surface area (Å²) in [6.07, 6.45) is 0. The van der Waals surface area contributed by atoms with Crippen LogP contribution in [0.3, 0.4) is 0 Å². The van der Waals surface area contributed by atoms with Crippen LogP contribution in [0.15, 0.2) is 54.6 Å². The van der Waals surface area contributed by atoms with Crippen molar-refractivity contribution < 1.29 is 19.0 Å². The maximum absolute atomic E-state index is 12.7. The molecule has 2 heterocycles. The number of anilines is 2. The Bertz CT molecular complexity index is 1060. The fourth-order valence-electron chi connectivity index (χ4n) is 3.56. The average molecular weight is 449 g/mol. The summed E-state index contributed by atoms with van der Waals surface area (Å²) >= 11 is 0. The number of ether oxygens (including phenoxy) is 3. The van der Waals surface area contributed by atoms with E-state index in [1.807, 2.05) is 50.2 Å². The molecule has 0 saturated carbocycles. The standard InChI is InChI=1S/C25H28N4O4/c1-3-32-22-11-7-19(17-23(22)33-4-2)25(30)26-20-8-5-18(6-9-20)21-10-12-24(28-27-21)29-13-15-31-16-14-29/h5-12,17H,3-4,13-16H2,1-2H3,(H,26,30). The van der Waals surface area contributed by atoms with Crippen molar-refractivity contribution >= 4 is 17.4 Å². The quantitative estimate of drug-likeness (QED) is 0.557. The molecule has 0 unspecified atom stereocenters. The number of carbonyl (C=O) groups excluding carboxylic acids is 1. The molecular formula is C25H28N4O4. The average Bonchev–Trinajstić information content (AvgIpc) is 2.86. The lowest BCUT2D eigenvalue weighted by atomic mass is 10.1. The van der Waals surface area contributed by atoms with Gasteiger partial charge in [0.1, 0.15) is 0 Å². The van der Waals surface area contributed by atoms with Gasteiger partial charge in [0.25, 0.3) is 5.91 Å². The van der Waals surface area contributed by atoms with Crippen molar-refractivity contribution in [3.8, 4) is 22.8 Å². The number of amides is 1. The number of hydrogen-bond donors (Lipinski definition) is 1. The van der Waals surface area contributed by atoms with E-state index >= 15 is 0 Å². The van der Waals surface area contributed by atoms with E-state index in [1.165, 1.54) is 0 Å². The molecule has 172 valence electrons. The molecule has 0 bridgehead atoms. The van der Waals surface area contributed by atoms with Gasteiger partial charge in [-0.3, -0.25) is 4.79 Å². The van der Waals surface area contributed by atoms with E-state index in [0.29, 0.717) is 49.2 Å². The molecule has 1 aliphatic rings. The number of nitrogens with zero attached hydrogens (tertiary/aromatic N) is 3. The Morgan fingerprint density at radius 1 is 0.939 bits per heavy atom. The monoisotopic (exact) mass is 448 g/mol. The van der Waals surface area contributed by atoms with E-state index in [-0.39, 0.29) is 5.91 Å². The molecule has 8 nitrogen and oxygen atoms in total. The van der Waals surface area contributed by atoms with Gasteiger partial charge in [-0.25, -0.2) is 0 Å². The van der Waals surface area contributed by atoms with Crippen LogP contribution in [-0.4, -0.2) is 55.6 Å². The molecule has 0 radical (unpaired) electrons. The summed E-state index contributed by atoms with van der Waals surface area (Å²) in [5.41, 5.74) is 2.88. The lowest BCUT2D eigenvalue weighted by Gasteiger charge is -2.27. The van der Waals surface area contributed by atoms with Crippen LogP contribution in [0.5, 0.6) is 11.5 Å². The van der Waals surface area contributed by atoms with Gasteiger partial charge in [0, 0.05) is 29.9 Å². The Hall–Kier alpha value is -3.65. The zero-order valence-electron chi connectivity index (χ0n) is 18.9. The predicted molar refractivity (Wildman–Crippen MR) is 127 cm³/mol. The first-order chi connectivity index (χ1) is 16.2. The Kier molecular flexibility index (Phi) is 7.36. The fraction of sp³-hybridized carbons (Fsp3) is 0.320. The number of nitrogens with one attached hydrogen (secondary N) is 1. The summed E-state index contributed by atoms with van der Waals surface area (Å²) in [5, 5.41) is 11.6. The maximum Gasteiger partial charge on any atom is 0.255 e. The first kappa shape index (κ1) is 22.5. The third-order valence-corrected chi connectivity index (χ3v) is 5.23. The van der Waals surface area contributed by atoms with Crippen LogP contribution in [0, 0.1) is 0 Å². The molecule has 1 aliphatic heterocycles. The van der Waals surface area contributed by atoms with E-state index in [0.717, 1.165) is 30.2 Å². The second-order valence-electron chi connectivity index (χ2n) is 7.44. The number of rotatable bonds is 8. The van der Waals surface area contributed by atoms with Gasteiger partial charge >= 0.3 is 0 Å². The number of carbonyl (C=O) groups is 1. The molecule has 0 spiro atoms. The Morgan fingerprint density at radius 3 is 2.33 bits per heavy atom. The van der Waals surface area contributed by atoms with Crippen molar-refractivity contribution in [3.63, 3.8) is 0 Å². The molecular weight excluding hydrogens is 420 g/mol. The highest BCUT2D eigenvalue weighted by atomic mass is 16.5. The van der Waals surface area contributed by atoms with Crippen molar-refractivity contribution in [2.24, 2.45) is 0 Å². The molecule has 1 aromatic heterocycles. The highest BCUT2D eigenvalue weighted by Crippen LogP contribution is 2.29. The normalized spacial score (nSPS) is 13.5. The third kappa shape index (κ3) is 5.59. The van der Waals surface area contributed by atoms with Crippen LogP contribution in [-0.2, 0) is 4.74 Å². The zero-order valence-corrected chi connectivity index (χ0v) is 18.9. The summed E-state index contributed by atoms with van der Waals surface area (Å²) in [7, 11) is 0. The summed E-state index contributed by atoms with van der Waals surface area (Å²) in [6.45, 7) is 7.88. The molecule has 3 aromatic rings. The summed E-state index contributed by atoms with van der Waals surface area (Å²) < 4.78 is 16.6. The number of benzene rings is 2. The largest absolute Gasteiger partial charge is 0.490 e. The van der Waals surface area contributed by atoms with E-state index in [4.69, 9.17) is 14.2 Å². The van der Waals surface area contributed by atoms with E-state index in [1.54, 1.807) is 18.2 Å². The number of morpholine rings is 1. The number of aromatic nitrogens is 2. The minimum Gasteiger partial charge on any atom is -0.490 e. The molecule has 33 heavy (non-hydrogen) atoms. The molecule has 1 saturated heterocycles. The molecule has 4 rings (SSSR count).